The molecule has 1 heterocycles. The van der Waals surface area contributed by atoms with Crippen LogP contribution < -0.4 is 10.6 Å². The van der Waals surface area contributed by atoms with E-state index in [1.54, 1.807) is 24.3 Å². The molecule has 1 aromatic carbocycles. The SMILES string of the molecule is CC(=O)Nc1ccc(NC(=O)c2cc(C(F)F)nc(C)n2)cc1. The first-order valence-electron chi connectivity index (χ1n) is 6.68. The molecule has 6 nitrogen and oxygen atoms in total. The summed E-state index contributed by atoms with van der Waals surface area (Å²) in [6, 6.07) is 7.31. The van der Waals surface area contributed by atoms with E-state index in [0.717, 1.165) is 6.07 Å². The zero-order chi connectivity index (χ0) is 17.0. The van der Waals surface area contributed by atoms with Crippen LogP contribution in [0.5, 0.6) is 0 Å². The van der Waals surface area contributed by atoms with Gasteiger partial charge in [-0.05, 0) is 37.3 Å². The standard InChI is InChI=1S/C15H14F2N4O2/c1-8-18-12(14(16)17)7-13(19-8)15(23)21-11-5-3-10(4-6-11)20-9(2)22/h3-7,14H,1-2H3,(H,20,22)(H,21,23). The second-order valence-corrected chi connectivity index (χ2v) is 4.74. The van der Waals surface area contributed by atoms with Crippen LogP contribution in [0.3, 0.4) is 0 Å². The van der Waals surface area contributed by atoms with Crippen molar-refractivity contribution in [1.29, 1.82) is 0 Å². The summed E-state index contributed by atoms with van der Waals surface area (Å²) in [5.41, 5.74) is 0.384. The van der Waals surface area contributed by atoms with E-state index in [1.807, 2.05) is 0 Å². The molecule has 0 radical (unpaired) electrons. The Labute approximate surface area is 131 Å². The summed E-state index contributed by atoms with van der Waals surface area (Å²) in [7, 11) is 0. The van der Waals surface area contributed by atoms with Gasteiger partial charge in [-0.3, -0.25) is 9.59 Å². The zero-order valence-electron chi connectivity index (χ0n) is 12.4. The molecule has 0 unspecified atom stereocenters. The molecule has 0 saturated carbocycles. The summed E-state index contributed by atoms with van der Waals surface area (Å²) < 4.78 is 25.4. The number of aryl methyl sites for hydroxylation is 1. The molecule has 8 heteroatoms. The summed E-state index contributed by atoms with van der Waals surface area (Å²) in [5, 5.41) is 5.13. The minimum Gasteiger partial charge on any atom is -0.326 e. The molecule has 0 atom stereocenters. The largest absolute Gasteiger partial charge is 0.326 e. The van der Waals surface area contributed by atoms with Crippen LogP contribution in [0, 0.1) is 6.92 Å². The molecule has 0 spiro atoms. The summed E-state index contributed by atoms with van der Waals surface area (Å²) >= 11 is 0. The molecular formula is C15H14F2N4O2. The maximum atomic E-state index is 12.7. The van der Waals surface area contributed by atoms with Crippen molar-refractivity contribution in [2.24, 2.45) is 0 Å². The maximum absolute atomic E-state index is 12.7. The topological polar surface area (TPSA) is 84.0 Å². The number of hydrogen-bond donors (Lipinski definition) is 2. The number of carbonyl (C=O) groups excluding carboxylic acids is 2. The Morgan fingerprint density at radius 2 is 1.61 bits per heavy atom. The van der Waals surface area contributed by atoms with E-state index in [1.165, 1.54) is 13.8 Å². The number of halogens is 2. The van der Waals surface area contributed by atoms with E-state index in [9.17, 15) is 18.4 Å². The lowest BCUT2D eigenvalue weighted by atomic mass is 10.2. The van der Waals surface area contributed by atoms with Crippen molar-refractivity contribution < 1.29 is 18.4 Å². The van der Waals surface area contributed by atoms with Crippen LogP contribution in [-0.2, 0) is 4.79 Å². The van der Waals surface area contributed by atoms with Crippen molar-refractivity contribution in [3.8, 4) is 0 Å². The van der Waals surface area contributed by atoms with Crippen LogP contribution in [0.25, 0.3) is 0 Å². The van der Waals surface area contributed by atoms with E-state index >= 15 is 0 Å². The third-order valence-corrected chi connectivity index (χ3v) is 2.78. The molecule has 2 N–H and O–H groups in total. The number of nitrogens with one attached hydrogen (secondary N) is 2. The second-order valence-electron chi connectivity index (χ2n) is 4.74. The highest BCUT2D eigenvalue weighted by Gasteiger charge is 2.16. The highest BCUT2D eigenvalue weighted by atomic mass is 19.3. The Morgan fingerprint density at radius 1 is 1.04 bits per heavy atom. The van der Waals surface area contributed by atoms with E-state index in [4.69, 9.17) is 0 Å². The van der Waals surface area contributed by atoms with Crippen LogP contribution in [-0.4, -0.2) is 21.8 Å². The van der Waals surface area contributed by atoms with Gasteiger partial charge in [-0.25, -0.2) is 18.7 Å². The lowest BCUT2D eigenvalue weighted by molar-refractivity contribution is -0.114. The molecule has 0 saturated heterocycles. The second kappa shape index (κ2) is 6.91. The van der Waals surface area contributed by atoms with E-state index in [0.29, 0.717) is 11.4 Å². The van der Waals surface area contributed by atoms with Gasteiger partial charge in [0.25, 0.3) is 12.3 Å². The highest BCUT2D eigenvalue weighted by molar-refractivity contribution is 6.03. The summed E-state index contributed by atoms with van der Waals surface area (Å²) in [4.78, 5) is 30.4. The highest BCUT2D eigenvalue weighted by Crippen LogP contribution is 2.18. The Balaban J connectivity index is 2.14. The predicted octanol–water partition coefficient (Wildman–Crippen LogP) is 2.93. The van der Waals surface area contributed by atoms with E-state index in [2.05, 4.69) is 20.6 Å². The summed E-state index contributed by atoms with van der Waals surface area (Å²) in [6.45, 7) is 2.82. The first-order valence-corrected chi connectivity index (χ1v) is 6.68. The van der Waals surface area contributed by atoms with Gasteiger partial charge in [0.1, 0.15) is 17.2 Å². The van der Waals surface area contributed by atoms with Gasteiger partial charge in [0, 0.05) is 18.3 Å². The molecule has 0 aliphatic heterocycles. The smallest absolute Gasteiger partial charge is 0.280 e. The van der Waals surface area contributed by atoms with Crippen LogP contribution >= 0.6 is 0 Å². The van der Waals surface area contributed by atoms with Crippen molar-refractivity contribution >= 4 is 23.2 Å². The minimum absolute atomic E-state index is 0.0916. The van der Waals surface area contributed by atoms with Gasteiger partial charge in [-0.1, -0.05) is 0 Å². The Kier molecular flexibility index (Phi) is 4.95. The molecule has 120 valence electrons. The van der Waals surface area contributed by atoms with Crippen molar-refractivity contribution in [1.82, 2.24) is 9.97 Å². The minimum atomic E-state index is -2.78. The Bertz CT molecular complexity index is 733. The van der Waals surface area contributed by atoms with Gasteiger partial charge in [0.05, 0.1) is 0 Å². The molecule has 23 heavy (non-hydrogen) atoms. The molecule has 2 aromatic rings. The number of hydrogen-bond acceptors (Lipinski definition) is 4. The summed E-state index contributed by atoms with van der Waals surface area (Å²) in [6.07, 6.45) is -2.78. The molecule has 0 aliphatic rings. The molecule has 0 fully saturated rings. The monoisotopic (exact) mass is 320 g/mol. The molecule has 1 aromatic heterocycles. The zero-order valence-corrected chi connectivity index (χ0v) is 12.4. The van der Waals surface area contributed by atoms with Crippen molar-refractivity contribution in [3.63, 3.8) is 0 Å². The quantitative estimate of drug-likeness (QED) is 0.907. The van der Waals surface area contributed by atoms with Gasteiger partial charge in [0.15, 0.2) is 0 Å². The fourth-order valence-electron chi connectivity index (χ4n) is 1.85. The molecule has 0 bridgehead atoms. The first kappa shape index (κ1) is 16.5. The summed E-state index contributed by atoms with van der Waals surface area (Å²) in [5.74, 6) is -0.739. The molecule has 2 rings (SSSR count). The Hall–Kier alpha value is -2.90. The Morgan fingerprint density at radius 3 is 2.13 bits per heavy atom. The lowest BCUT2D eigenvalue weighted by Gasteiger charge is -2.08. The number of benzene rings is 1. The first-order chi connectivity index (χ1) is 10.8. The number of amides is 2. The predicted molar refractivity (Wildman–Crippen MR) is 80.4 cm³/mol. The number of nitrogens with zero attached hydrogens (tertiary/aromatic N) is 2. The molecule has 2 amide bonds. The van der Waals surface area contributed by atoms with Gasteiger partial charge < -0.3 is 10.6 Å². The average Bonchev–Trinajstić information content (AvgIpc) is 2.48. The number of carbonyl (C=O) groups is 2. The van der Waals surface area contributed by atoms with Crippen LogP contribution in [0.1, 0.15) is 35.4 Å². The fraction of sp³-hybridized carbons (Fsp3) is 0.200. The van der Waals surface area contributed by atoms with Crippen LogP contribution in [0.2, 0.25) is 0 Å². The molecular weight excluding hydrogens is 306 g/mol. The number of rotatable bonds is 4. The van der Waals surface area contributed by atoms with E-state index < -0.39 is 18.0 Å². The fourth-order valence-corrected chi connectivity index (χ4v) is 1.85. The normalized spacial score (nSPS) is 10.5. The van der Waals surface area contributed by atoms with Gasteiger partial charge >= 0.3 is 0 Å². The van der Waals surface area contributed by atoms with E-state index in [-0.39, 0.29) is 17.4 Å². The average molecular weight is 320 g/mol. The van der Waals surface area contributed by atoms with Gasteiger partial charge in [0.2, 0.25) is 5.91 Å². The van der Waals surface area contributed by atoms with Crippen molar-refractivity contribution in [2.45, 2.75) is 20.3 Å². The van der Waals surface area contributed by atoms with Crippen LogP contribution in [0.15, 0.2) is 30.3 Å². The van der Waals surface area contributed by atoms with Gasteiger partial charge in [-0.15, -0.1) is 0 Å². The number of aromatic nitrogens is 2. The third kappa shape index (κ3) is 4.53. The van der Waals surface area contributed by atoms with Crippen molar-refractivity contribution in [2.75, 3.05) is 10.6 Å². The van der Waals surface area contributed by atoms with Crippen LogP contribution in [0.4, 0.5) is 20.2 Å². The van der Waals surface area contributed by atoms with Gasteiger partial charge in [-0.2, -0.15) is 0 Å². The third-order valence-electron chi connectivity index (χ3n) is 2.78. The number of alkyl halides is 2. The van der Waals surface area contributed by atoms with Crippen molar-refractivity contribution in [3.05, 3.63) is 47.5 Å². The maximum Gasteiger partial charge on any atom is 0.280 e. The lowest BCUT2D eigenvalue weighted by Crippen LogP contribution is -2.15. The number of anilines is 2. The molecule has 0 aliphatic carbocycles.